The van der Waals surface area contributed by atoms with Gasteiger partial charge in [-0.3, -0.25) is 4.79 Å². The van der Waals surface area contributed by atoms with E-state index in [1.165, 1.54) is 13.0 Å². The van der Waals surface area contributed by atoms with Crippen LogP contribution in [0.4, 0.5) is 0 Å². The monoisotopic (exact) mass is 240 g/mol. The van der Waals surface area contributed by atoms with Gasteiger partial charge in [-0.2, -0.15) is 10.5 Å². The maximum atomic E-state index is 11.0. The van der Waals surface area contributed by atoms with Crippen LogP contribution in [0, 0.1) is 36.5 Å². The van der Waals surface area contributed by atoms with Crippen LogP contribution in [0.25, 0.3) is 6.08 Å². The minimum absolute atomic E-state index is 0.0361. The first-order valence-electron chi connectivity index (χ1n) is 5.29. The van der Waals surface area contributed by atoms with Gasteiger partial charge in [-0.1, -0.05) is 0 Å². The minimum Gasteiger partial charge on any atom is -0.426 e. The molecule has 0 heterocycles. The summed E-state index contributed by atoms with van der Waals surface area (Å²) in [6, 6.07) is 7.13. The lowest BCUT2D eigenvalue weighted by molar-refractivity contribution is -0.131. The lowest BCUT2D eigenvalue weighted by Gasteiger charge is -2.10. The number of nitriles is 2. The molecule has 0 aromatic heterocycles. The van der Waals surface area contributed by atoms with Crippen molar-refractivity contribution in [2.24, 2.45) is 0 Å². The normalized spacial score (nSPS) is 8.94. The second-order valence-corrected chi connectivity index (χ2v) is 3.86. The molecule has 0 unspecified atom stereocenters. The third kappa shape index (κ3) is 3.20. The summed E-state index contributed by atoms with van der Waals surface area (Å²) in [7, 11) is 0. The molecule has 0 amide bonds. The fraction of sp³-hybridized carbons (Fsp3) is 0.214. The molecule has 0 spiro atoms. The summed E-state index contributed by atoms with van der Waals surface area (Å²) < 4.78 is 5.10. The number of nitrogens with zero attached hydrogens (tertiary/aromatic N) is 2. The van der Waals surface area contributed by atoms with Crippen molar-refractivity contribution in [1.82, 2.24) is 0 Å². The topological polar surface area (TPSA) is 73.9 Å². The Hall–Kier alpha value is -2.59. The number of aryl methyl sites for hydroxylation is 2. The molecule has 0 saturated heterocycles. The van der Waals surface area contributed by atoms with Gasteiger partial charge in [-0.15, -0.1) is 0 Å². The molecule has 1 aromatic carbocycles. The van der Waals surface area contributed by atoms with E-state index < -0.39 is 0 Å². The number of rotatable bonds is 2. The van der Waals surface area contributed by atoms with Crippen LogP contribution < -0.4 is 4.74 Å². The van der Waals surface area contributed by atoms with Gasteiger partial charge in [0.05, 0.1) is 0 Å². The van der Waals surface area contributed by atoms with Gasteiger partial charge >= 0.3 is 5.97 Å². The van der Waals surface area contributed by atoms with E-state index in [1.54, 1.807) is 38.1 Å². The van der Waals surface area contributed by atoms with Crippen molar-refractivity contribution < 1.29 is 9.53 Å². The summed E-state index contributed by atoms with van der Waals surface area (Å²) in [5.41, 5.74) is 2.34. The van der Waals surface area contributed by atoms with E-state index in [2.05, 4.69) is 0 Å². The lowest BCUT2D eigenvalue weighted by atomic mass is 10.0. The molecule has 18 heavy (non-hydrogen) atoms. The number of carbonyl (C=O) groups is 1. The Morgan fingerprint density at radius 1 is 1.22 bits per heavy atom. The second-order valence-electron chi connectivity index (χ2n) is 3.86. The van der Waals surface area contributed by atoms with Gasteiger partial charge in [0.25, 0.3) is 0 Å². The van der Waals surface area contributed by atoms with Crippen molar-refractivity contribution in [3.05, 3.63) is 34.4 Å². The van der Waals surface area contributed by atoms with Gasteiger partial charge in [-0.05, 0) is 48.7 Å². The summed E-state index contributed by atoms with van der Waals surface area (Å²) in [6.45, 7) is 4.96. The number of benzene rings is 1. The van der Waals surface area contributed by atoms with Gasteiger partial charge in [-0.25, -0.2) is 0 Å². The molecule has 1 aromatic rings. The zero-order valence-corrected chi connectivity index (χ0v) is 10.4. The van der Waals surface area contributed by atoms with Crippen LogP contribution in [0.5, 0.6) is 5.75 Å². The number of hydrogen-bond acceptors (Lipinski definition) is 4. The van der Waals surface area contributed by atoms with Crippen LogP contribution in [-0.2, 0) is 4.79 Å². The van der Waals surface area contributed by atoms with Crippen LogP contribution >= 0.6 is 0 Å². The highest BCUT2D eigenvalue weighted by Gasteiger charge is 2.08. The van der Waals surface area contributed by atoms with E-state index >= 15 is 0 Å². The van der Waals surface area contributed by atoms with Gasteiger partial charge in [0, 0.05) is 6.92 Å². The molecule has 0 atom stereocenters. The first-order chi connectivity index (χ1) is 8.47. The smallest absolute Gasteiger partial charge is 0.308 e. The van der Waals surface area contributed by atoms with Crippen molar-refractivity contribution in [1.29, 1.82) is 10.5 Å². The summed E-state index contributed by atoms with van der Waals surface area (Å²) >= 11 is 0. The maximum Gasteiger partial charge on any atom is 0.308 e. The molecule has 0 aliphatic carbocycles. The van der Waals surface area contributed by atoms with Crippen molar-refractivity contribution in [2.75, 3.05) is 0 Å². The second kappa shape index (κ2) is 5.65. The van der Waals surface area contributed by atoms with Gasteiger partial charge in [0.15, 0.2) is 0 Å². The number of ether oxygens (including phenoxy) is 1. The van der Waals surface area contributed by atoms with E-state index in [0.717, 1.165) is 16.7 Å². The molecule has 0 aliphatic rings. The third-order valence-electron chi connectivity index (χ3n) is 2.28. The number of carbonyl (C=O) groups excluding carboxylic acids is 1. The van der Waals surface area contributed by atoms with Crippen molar-refractivity contribution in [3.8, 4) is 17.9 Å². The Morgan fingerprint density at radius 3 is 2.11 bits per heavy atom. The molecule has 0 saturated carbocycles. The largest absolute Gasteiger partial charge is 0.426 e. The highest BCUT2D eigenvalue weighted by atomic mass is 16.5. The molecular weight excluding hydrogens is 228 g/mol. The predicted molar refractivity (Wildman–Crippen MR) is 66.4 cm³/mol. The summed E-state index contributed by atoms with van der Waals surface area (Å²) in [5, 5.41) is 17.4. The lowest BCUT2D eigenvalue weighted by Crippen LogP contribution is -2.04. The molecule has 4 nitrogen and oxygen atoms in total. The van der Waals surface area contributed by atoms with E-state index in [9.17, 15) is 4.79 Å². The SMILES string of the molecule is CC(=O)Oc1c(C)cc(C=C(C#N)C#N)cc1C. The first-order valence-corrected chi connectivity index (χ1v) is 5.29. The predicted octanol–water partition coefficient (Wildman–Crippen LogP) is 2.66. The fourth-order valence-electron chi connectivity index (χ4n) is 1.63. The Bertz CT molecular complexity index is 562. The Labute approximate surface area is 106 Å². The van der Waals surface area contributed by atoms with Gasteiger partial charge in [0.1, 0.15) is 23.5 Å². The molecule has 0 aliphatic heterocycles. The maximum absolute atomic E-state index is 11.0. The molecule has 0 bridgehead atoms. The van der Waals surface area contributed by atoms with Crippen molar-refractivity contribution in [2.45, 2.75) is 20.8 Å². The van der Waals surface area contributed by atoms with Crippen LogP contribution in [-0.4, -0.2) is 5.97 Å². The standard InChI is InChI=1S/C14H12N2O2/c1-9-4-12(6-13(7-15)8-16)5-10(2)14(9)18-11(3)17/h4-6H,1-3H3. The van der Waals surface area contributed by atoms with Crippen LogP contribution in [0.3, 0.4) is 0 Å². The van der Waals surface area contributed by atoms with Crippen molar-refractivity contribution in [3.63, 3.8) is 0 Å². The first kappa shape index (κ1) is 13.5. The zero-order valence-electron chi connectivity index (χ0n) is 10.4. The molecular formula is C14H12N2O2. The quantitative estimate of drug-likeness (QED) is 0.452. The van der Waals surface area contributed by atoms with Gasteiger partial charge in [0.2, 0.25) is 0 Å². The minimum atomic E-state index is -0.376. The molecule has 0 fully saturated rings. The average Bonchev–Trinajstić information content (AvgIpc) is 2.30. The molecule has 0 N–H and O–H groups in total. The number of allylic oxidation sites excluding steroid dienone is 1. The molecule has 0 radical (unpaired) electrons. The highest BCUT2D eigenvalue weighted by Crippen LogP contribution is 2.26. The summed E-state index contributed by atoms with van der Waals surface area (Å²) in [6.07, 6.45) is 1.50. The van der Waals surface area contributed by atoms with Crippen LogP contribution in [0.15, 0.2) is 17.7 Å². The van der Waals surface area contributed by atoms with E-state index in [0.29, 0.717) is 5.75 Å². The zero-order chi connectivity index (χ0) is 13.7. The van der Waals surface area contributed by atoms with Gasteiger partial charge < -0.3 is 4.74 Å². The van der Waals surface area contributed by atoms with E-state index in [1.807, 2.05) is 0 Å². The molecule has 4 heteroatoms. The van der Waals surface area contributed by atoms with Crippen LogP contribution in [0.1, 0.15) is 23.6 Å². The van der Waals surface area contributed by atoms with E-state index in [-0.39, 0.29) is 11.5 Å². The Kier molecular flexibility index (Phi) is 4.23. The number of esters is 1. The average molecular weight is 240 g/mol. The summed E-state index contributed by atoms with van der Waals surface area (Å²) in [5.74, 6) is 0.148. The molecule has 1 rings (SSSR count). The third-order valence-corrected chi connectivity index (χ3v) is 2.28. The highest BCUT2D eigenvalue weighted by molar-refractivity contribution is 5.71. The number of hydrogen-bond donors (Lipinski definition) is 0. The molecule has 90 valence electrons. The summed E-state index contributed by atoms with van der Waals surface area (Å²) in [4.78, 5) is 11.0. The Morgan fingerprint density at radius 2 is 1.72 bits per heavy atom. The van der Waals surface area contributed by atoms with Crippen molar-refractivity contribution >= 4 is 12.0 Å². The fourth-order valence-corrected chi connectivity index (χ4v) is 1.63. The van der Waals surface area contributed by atoms with E-state index in [4.69, 9.17) is 15.3 Å². The Balaban J connectivity index is 3.24. The van der Waals surface area contributed by atoms with Crippen LogP contribution in [0.2, 0.25) is 0 Å².